The van der Waals surface area contributed by atoms with Crippen LogP contribution in [0, 0.1) is 0 Å². The minimum atomic E-state index is -0.244. The molecule has 3 rings (SSSR count). The monoisotopic (exact) mass is 351 g/mol. The van der Waals surface area contributed by atoms with Crippen molar-refractivity contribution in [2.75, 3.05) is 18.9 Å². The highest BCUT2D eigenvalue weighted by Crippen LogP contribution is 2.27. The van der Waals surface area contributed by atoms with Crippen LogP contribution in [0.25, 0.3) is 11.4 Å². The van der Waals surface area contributed by atoms with E-state index in [4.69, 9.17) is 17.4 Å². The zero-order valence-electron chi connectivity index (χ0n) is 12.8. The van der Waals surface area contributed by atoms with Crippen molar-refractivity contribution in [3.05, 3.63) is 29.3 Å². The number of halogens is 1. The van der Waals surface area contributed by atoms with Gasteiger partial charge in [-0.1, -0.05) is 35.5 Å². The number of nitrogen functional groups attached to an aromatic ring is 1. The highest BCUT2D eigenvalue weighted by Gasteiger charge is 2.26. The fourth-order valence-electron chi connectivity index (χ4n) is 2.58. The van der Waals surface area contributed by atoms with Crippen molar-refractivity contribution in [3.63, 3.8) is 0 Å². The van der Waals surface area contributed by atoms with Gasteiger partial charge in [-0.05, 0) is 31.9 Å². The summed E-state index contributed by atoms with van der Waals surface area (Å²) in [7, 11) is 0. The Morgan fingerprint density at radius 2 is 2.09 bits per heavy atom. The van der Waals surface area contributed by atoms with Gasteiger partial charge in [0.15, 0.2) is 5.82 Å². The third-order valence-electron chi connectivity index (χ3n) is 3.80. The SMILES string of the molecule is C[C@@H](Sc1nnc(-c2cccc(Cl)c2)n1N)C(=O)N1CCCC1. The molecular formula is C15H18ClN5OS. The van der Waals surface area contributed by atoms with Crippen LogP contribution < -0.4 is 5.84 Å². The molecule has 1 aliphatic rings. The number of hydrogen-bond donors (Lipinski definition) is 1. The Bertz CT molecular complexity index is 714. The number of nitrogens with zero attached hydrogens (tertiary/aromatic N) is 4. The van der Waals surface area contributed by atoms with Crippen molar-refractivity contribution in [3.8, 4) is 11.4 Å². The first-order chi connectivity index (χ1) is 11.1. The zero-order valence-corrected chi connectivity index (χ0v) is 14.3. The number of amides is 1. The van der Waals surface area contributed by atoms with Gasteiger partial charge in [-0.3, -0.25) is 4.79 Å². The molecule has 1 atom stereocenters. The van der Waals surface area contributed by atoms with Crippen molar-refractivity contribution in [2.45, 2.75) is 30.2 Å². The molecule has 0 aliphatic carbocycles. The Labute approximate surface area is 144 Å². The second-order valence-electron chi connectivity index (χ2n) is 5.48. The molecule has 1 fully saturated rings. The third-order valence-corrected chi connectivity index (χ3v) is 5.07. The summed E-state index contributed by atoms with van der Waals surface area (Å²) in [6.45, 7) is 3.55. The van der Waals surface area contributed by atoms with Gasteiger partial charge in [-0.25, -0.2) is 4.68 Å². The van der Waals surface area contributed by atoms with Gasteiger partial charge in [0.1, 0.15) is 0 Å². The maximum atomic E-state index is 12.4. The van der Waals surface area contributed by atoms with Crippen LogP contribution in [0.4, 0.5) is 0 Å². The highest BCUT2D eigenvalue weighted by molar-refractivity contribution is 8.00. The van der Waals surface area contributed by atoms with Crippen LogP contribution in [0.15, 0.2) is 29.4 Å². The highest BCUT2D eigenvalue weighted by atomic mass is 35.5. The molecule has 0 bridgehead atoms. The number of carbonyl (C=O) groups excluding carboxylic acids is 1. The molecule has 23 heavy (non-hydrogen) atoms. The third kappa shape index (κ3) is 3.45. The van der Waals surface area contributed by atoms with Crippen LogP contribution in [-0.4, -0.2) is 44.0 Å². The summed E-state index contributed by atoms with van der Waals surface area (Å²) in [5, 5.41) is 9.11. The van der Waals surface area contributed by atoms with Gasteiger partial charge in [0.05, 0.1) is 5.25 Å². The van der Waals surface area contributed by atoms with E-state index < -0.39 is 0 Å². The Hall–Kier alpha value is -1.73. The smallest absolute Gasteiger partial charge is 0.235 e. The molecule has 2 aromatic rings. The lowest BCUT2D eigenvalue weighted by Gasteiger charge is -2.19. The molecule has 122 valence electrons. The van der Waals surface area contributed by atoms with Gasteiger partial charge in [-0.2, -0.15) is 0 Å². The number of aromatic nitrogens is 3. The number of benzene rings is 1. The minimum Gasteiger partial charge on any atom is -0.342 e. The number of hydrogen-bond acceptors (Lipinski definition) is 5. The molecule has 2 N–H and O–H groups in total. The van der Waals surface area contributed by atoms with E-state index in [-0.39, 0.29) is 11.2 Å². The van der Waals surface area contributed by atoms with Crippen LogP contribution in [0.2, 0.25) is 5.02 Å². The van der Waals surface area contributed by atoms with Crippen molar-refractivity contribution in [1.82, 2.24) is 19.8 Å². The van der Waals surface area contributed by atoms with E-state index in [9.17, 15) is 4.79 Å². The van der Waals surface area contributed by atoms with E-state index in [0.717, 1.165) is 31.5 Å². The quantitative estimate of drug-likeness (QED) is 0.676. The number of thioether (sulfide) groups is 1. The van der Waals surface area contributed by atoms with E-state index in [2.05, 4.69) is 10.2 Å². The molecule has 1 amide bonds. The van der Waals surface area contributed by atoms with Gasteiger partial charge < -0.3 is 10.7 Å². The first-order valence-electron chi connectivity index (χ1n) is 7.48. The van der Waals surface area contributed by atoms with E-state index in [1.807, 2.05) is 24.0 Å². The molecule has 0 spiro atoms. The van der Waals surface area contributed by atoms with Crippen LogP contribution >= 0.6 is 23.4 Å². The van der Waals surface area contributed by atoms with Gasteiger partial charge in [-0.15, -0.1) is 10.2 Å². The molecule has 0 unspecified atom stereocenters. The minimum absolute atomic E-state index is 0.125. The fourth-order valence-corrected chi connectivity index (χ4v) is 3.63. The Morgan fingerprint density at radius 3 is 2.78 bits per heavy atom. The fraction of sp³-hybridized carbons (Fsp3) is 0.400. The van der Waals surface area contributed by atoms with Crippen LogP contribution in [0.3, 0.4) is 0 Å². The Balaban J connectivity index is 1.75. The van der Waals surface area contributed by atoms with Gasteiger partial charge in [0.2, 0.25) is 11.1 Å². The van der Waals surface area contributed by atoms with Gasteiger partial charge >= 0.3 is 0 Å². The Kier molecular flexibility index (Phi) is 4.77. The summed E-state index contributed by atoms with van der Waals surface area (Å²) in [5.41, 5.74) is 0.790. The molecule has 6 nitrogen and oxygen atoms in total. The number of nitrogens with two attached hydrogens (primary N) is 1. The van der Waals surface area contributed by atoms with Gasteiger partial charge in [0, 0.05) is 23.7 Å². The molecule has 1 aromatic heterocycles. The van der Waals surface area contributed by atoms with Crippen molar-refractivity contribution in [1.29, 1.82) is 0 Å². The maximum Gasteiger partial charge on any atom is 0.235 e. The van der Waals surface area contributed by atoms with E-state index in [1.165, 1.54) is 16.4 Å². The zero-order chi connectivity index (χ0) is 16.4. The summed E-state index contributed by atoms with van der Waals surface area (Å²) in [6, 6.07) is 7.27. The predicted octanol–water partition coefficient (Wildman–Crippen LogP) is 2.42. The van der Waals surface area contributed by atoms with E-state index in [1.54, 1.807) is 12.1 Å². The molecule has 1 aromatic carbocycles. The molecule has 0 radical (unpaired) electrons. The molecule has 1 saturated heterocycles. The molecule has 0 saturated carbocycles. The number of rotatable bonds is 4. The summed E-state index contributed by atoms with van der Waals surface area (Å²) < 4.78 is 1.41. The number of likely N-dealkylation sites (tertiary alicyclic amines) is 1. The molecule has 1 aliphatic heterocycles. The predicted molar refractivity (Wildman–Crippen MR) is 91.8 cm³/mol. The summed E-state index contributed by atoms with van der Waals surface area (Å²) in [4.78, 5) is 14.3. The molecular weight excluding hydrogens is 334 g/mol. The van der Waals surface area contributed by atoms with Gasteiger partial charge in [0.25, 0.3) is 0 Å². The summed E-state index contributed by atoms with van der Waals surface area (Å²) in [6.07, 6.45) is 2.16. The first kappa shape index (κ1) is 16.1. The number of carbonyl (C=O) groups is 1. The standard InChI is InChI=1S/C15H18ClN5OS/c1-10(14(22)20-7-2-3-8-20)23-15-19-18-13(21(15)17)11-5-4-6-12(16)9-11/h4-6,9-10H,2-3,7-8,17H2,1H3/t10-/m1/s1. The van der Waals surface area contributed by atoms with Crippen LogP contribution in [0.1, 0.15) is 19.8 Å². The lowest BCUT2D eigenvalue weighted by atomic mass is 10.2. The molecule has 2 heterocycles. The molecule has 8 heteroatoms. The van der Waals surface area contributed by atoms with Crippen LogP contribution in [-0.2, 0) is 4.79 Å². The largest absolute Gasteiger partial charge is 0.342 e. The van der Waals surface area contributed by atoms with Crippen molar-refractivity contribution in [2.24, 2.45) is 0 Å². The topological polar surface area (TPSA) is 77.0 Å². The Morgan fingerprint density at radius 1 is 1.35 bits per heavy atom. The van der Waals surface area contributed by atoms with Crippen LogP contribution in [0.5, 0.6) is 0 Å². The normalized spacial score (nSPS) is 15.8. The second-order valence-corrected chi connectivity index (χ2v) is 7.22. The first-order valence-corrected chi connectivity index (χ1v) is 8.74. The lowest BCUT2D eigenvalue weighted by Crippen LogP contribution is -2.34. The second kappa shape index (κ2) is 6.80. The van der Waals surface area contributed by atoms with Crippen molar-refractivity contribution >= 4 is 29.3 Å². The summed E-state index contributed by atoms with van der Waals surface area (Å²) in [5.74, 6) is 6.74. The lowest BCUT2D eigenvalue weighted by molar-refractivity contribution is -0.129. The van der Waals surface area contributed by atoms with Crippen molar-refractivity contribution < 1.29 is 4.79 Å². The average Bonchev–Trinajstić information content (AvgIpc) is 3.17. The summed E-state index contributed by atoms with van der Waals surface area (Å²) >= 11 is 7.32. The average molecular weight is 352 g/mol. The maximum absolute atomic E-state index is 12.4. The van der Waals surface area contributed by atoms with E-state index >= 15 is 0 Å². The van der Waals surface area contributed by atoms with E-state index in [0.29, 0.717) is 16.0 Å².